The van der Waals surface area contributed by atoms with Crippen molar-refractivity contribution in [3.63, 3.8) is 0 Å². The Morgan fingerprint density at radius 3 is 2.37 bits per heavy atom. The fourth-order valence-corrected chi connectivity index (χ4v) is 3.19. The molecule has 1 nitrogen and oxygen atoms in total. The second-order valence-corrected chi connectivity index (χ2v) is 6.73. The second-order valence-electron chi connectivity index (χ2n) is 4.17. The zero-order valence-electron chi connectivity index (χ0n) is 9.92. The number of aliphatic hydroxyl groups excluding tert-OH is 1. The molecule has 0 heterocycles. The molecule has 1 unspecified atom stereocenters. The monoisotopic (exact) mass is 450 g/mol. The van der Waals surface area contributed by atoms with E-state index in [0.29, 0.717) is 10.0 Å². The largest absolute Gasteiger partial charge is 0.384 e. The molecule has 2 aromatic carbocycles. The van der Waals surface area contributed by atoms with Crippen LogP contribution in [0.15, 0.2) is 43.7 Å². The number of halogens is 4. The van der Waals surface area contributed by atoms with Crippen molar-refractivity contribution in [1.29, 1.82) is 0 Å². The first-order valence-corrected chi connectivity index (χ1v) is 7.87. The van der Waals surface area contributed by atoms with Crippen molar-refractivity contribution < 1.29 is 9.50 Å². The van der Waals surface area contributed by atoms with E-state index in [1.807, 2.05) is 13.0 Å². The third-order valence-electron chi connectivity index (χ3n) is 2.85. The van der Waals surface area contributed by atoms with E-state index >= 15 is 0 Å². The van der Waals surface area contributed by atoms with Gasteiger partial charge in [-0.3, -0.25) is 0 Å². The molecule has 19 heavy (non-hydrogen) atoms. The van der Waals surface area contributed by atoms with Gasteiger partial charge in [-0.1, -0.05) is 44.0 Å². The van der Waals surface area contributed by atoms with Gasteiger partial charge in [0.1, 0.15) is 11.9 Å². The van der Waals surface area contributed by atoms with Gasteiger partial charge in [-0.15, -0.1) is 0 Å². The van der Waals surface area contributed by atoms with Gasteiger partial charge in [-0.2, -0.15) is 0 Å². The highest BCUT2D eigenvalue weighted by atomic mass is 79.9. The first-order chi connectivity index (χ1) is 8.91. The van der Waals surface area contributed by atoms with Crippen LogP contribution in [0.1, 0.15) is 22.8 Å². The van der Waals surface area contributed by atoms with E-state index in [-0.39, 0.29) is 5.56 Å². The van der Waals surface area contributed by atoms with Gasteiger partial charge in [0.25, 0.3) is 0 Å². The van der Waals surface area contributed by atoms with Crippen LogP contribution in [0, 0.1) is 12.7 Å². The minimum atomic E-state index is -1.02. The SMILES string of the molecule is Cc1cc(Br)c(C(O)c2cccc(Br)c2F)cc1Br. The summed E-state index contributed by atoms with van der Waals surface area (Å²) in [5, 5.41) is 10.4. The third kappa shape index (κ3) is 3.10. The molecule has 0 aromatic heterocycles. The Morgan fingerprint density at radius 1 is 1.00 bits per heavy atom. The van der Waals surface area contributed by atoms with E-state index in [1.165, 1.54) is 0 Å². The van der Waals surface area contributed by atoms with E-state index in [9.17, 15) is 9.50 Å². The number of benzene rings is 2. The fraction of sp³-hybridized carbons (Fsp3) is 0.143. The Labute approximate surface area is 136 Å². The Bertz CT molecular complexity index is 628. The van der Waals surface area contributed by atoms with E-state index in [1.54, 1.807) is 24.3 Å². The van der Waals surface area contributed by atoms with Crippen LogP contribution in [0.2, 0.25) is 0 Å². The van der Waals surface area contributed by atoms with Crippen LogP contribution in [0.4, 0.5) is 4.39 Å². The van der Waals surface area contributed by atoms with Gasteiger partial charge in [0.2, 0.25) is 0 Å². The van der Waals surface area contributed by atoms with E-state index in [2.05, 4.69) is 47.8 Å². The van der Waals surface area contributed by atoms with Crippen LogP contribution in [0.3, 0.4) is 0 Å². The average Bonchev–Trinajstić information content (AvgIpc) is 2.36. The number of hydrogen-bond acceptors (Lipinski definition) is 1. The Balaban J connectivity index is 2.53. The number of aryl methyl sites for hydroxylation is 1. The van der Waals surface area contributed by atoms with Crippen LogP contribution in [-0.2, 0) is 0 Å². The van der Waals surface area contributed by atoms with E-state index < -0.39 is 11.9 Å². The van der Waals surface area contributed by atoms with Crippen molar-refractivity contribution in [3.05, 3.63) is 66.3 Å². The minimum absolute atomic E-state index is 0.242. The summed E-state index contributed by atoms with van der Waals surface area (Å²) in [4.78, 5) is 0. The Hall–Kier alpha value is -0.230. The molecule has 0 aliphatic carbocycles. The van der Waals surface area contributed by atoms with Gasteiger partial charge in [-0.25, -0.2) is 4.39 Å². The molecule has 0 aliphatic rings. The molecule has 0 bridgehead atoms. The van der Waals surface area contributed by atoms with Crippen LogP contribution in [-0.4, -0.2) is 5.11 Å². The molecule has 1 atom stereocenters. The van der Waals surface area contributed by atoms with E-state index in [4.69, 9.17) is 0 Å². The highest BCUT2D eigenvalue weighted by molar-refractivity contribution is 9.11. The van der Waals surface area contributed by atoms with Gasteiger partial charge in [0, 0.05) is 20.1 Å². The number of aliphatic hydroxyl groups is 1. The highest BCUT2D eigenvalue weighted by Crippen LogP contribution is 2.35. The third-order valence-corrected chi connectivity index (χ3v) is 5.00. The summed E-state index contributed by atoms with van der Waals surface area (Å²) in [6.45, 7) is 1.95. The smallest absolute Gasteiger partial charge is 0.143 e. The van der Waals surface area contributed by atoms with Gasteiger partial charge < -0.3 is 5.11 Å². The molecular formula is C14H10Br3FO. The van der Waals surface area contributed by atoms with Crippen molar-refractivity contribution in [2.75, 3.05) is 0 Å². The normalized spacial score (nSPS) is 12.5. The topological polar surface area (TPSA) is 20.2 Å². The molecule has 1 N–H and O–H groups in total. The Morgan fingerprint density at radius 2 is 1.68 bits per heavy atom. The maximum Gasteiger partial charge on any atom is 0.143 e. The lowest BCUT2D eigenvalue weighted by Gasteiger charge is -2.16. The van der Waals surface area contributed by atoms with Crippen molar-refractivity contribution in [2.24, 2.45) is 0 Å². The molecule has 0 saturated heterocycles. The molecule has 2 rings (SSSR count). The lowest BCUT2D eigenvalue weighted by atomic mass is 10.00. The molecule has 0 saturated carbocycles. The predicted octanol–water partition coefficient (Wildman–Crippen LogP) is 5.50. The van der Waals surface area contributed by atoms with Gasteiger partial charge in [-0.05, 0) is 46.6 Å². The molecule has 0 aliphatic heterocycles. The molecule has 0 spiro atoms. The molecule has 5 heteroatoms. The fourth-order valence-electron chi connectivity index (χ4n) is 1.77. The summed E-state index contributed by atoms with van der Waals surface area (Å²) in [6.07, 6.45) is -1.02. The van der Waals surface area contributed by atoms with Gasteiger partial charge in [0.05, 0.1) is 4.47 Å². The average molecular weight is 453 g/mol. The van der Waals surface area contributed by atoms with Crippen LogP contribution < -0.4 is 0 Å². The molecule has 100 valence electrons. The highest BCUT2D eigenvalue weighted by Gasteiger charge is 2.19. The molecular weight excluding hydrogens is 443 g/mol. The van der Waals surface area contributed by atoms with Crippen molar-refractivity contribution in [2.45, 2.75) is 13.0 Å². The van der Waals surface area contributed by atoms with Gasteiger partial charge in [0.15, 0.2) is 0 Å². The second kappa shape index (κ2) is 6.04. The lowest BCUT2D eigenvalue weighted by Crippen LogP contribution is -2.04. The first-order valence-electron chi connectivity index (χ1n) is 5.49. The maximum absolute atomic E-state index is 14.0. The number of hydrogen-bond donors (Lipinski definition) is 1. The summed E-state index contributed by atoms with van der Waals surface area (Å²) >= 11 is 9.95. The molecule has 0 amide bonds. The summed E-state index contributed by atoms with van der Waals surface area (Å²) in [5.74, 6) is -0.446. The van der Waals surface area contributed by atoms with Crippen LogP contribution >= 0.6 is 47.8 Å². The zero-order valence-corrected chi connectivity index (χ0v) is 14.7. The molecule has 0 fully saturated rings. The number of rotatable bonds is 2. The van der Waals surface area contributed by atoms with Gasteiger partial charge >= 0.3 is 0 Å². The standard InChI is InChI=1S/C14H10Br3FO/c1-7-5-12(17)9(6-11(7)16)14(19)8-3-2-4-10(15)13(8)18/h2-6,14,19H,1H3. The Kier molecular flexibility index (Phi) is 4.82. The van der Waals surface area contributed by atoms with E-state index in [0.717, 1.165) is 14.5 Å². The summed E-state index contributed by atoms with van der Waals surface area (Å²) in [5.41, 5.74) is 1.90. The quantitative estimate of drug-likeness (QED) is 0.637. The summed E-state index contributed by atoms with van der Waals surface area (Å²) in [7, 11) is 0. The van der Waals surface area contributed by atoms with Crippen molar-refractivity contribution in [3.8, 4) is 0 Å². The zero-order chi connectivity index (χ0) is 14.2. The van der Waals surface area contributed by atoms with Crippen LogP contribution in [0.5, 0.6) is 0 Å². The summed E-state index contributed by atoms with van der Waals surface area (Å²) in [6, 6.07) is 8.56. The van der Waals surface area contributed by atoms with Crippen molar-refractivity contribution in [1.82, 2.24) is 0 Å². The predicted molar refractivity (Wildman–Crippen MR) is 84.7 cm³/mol. The molecule has 2 aromatic rings. The first kappa shape index (κ1) is 15.2. The minimum Gasteiger partial charge on any atom is -0.384 e. The van der Waals surface area contributed by atoms with Crippen LogP contribution in [0.25, 0.3) is 0 Å². The lowest BCUT2D eigenvalue weighted by molar-refractivity contribution is 0.214. The molecule has 0 radical (unpaired) electrons. The maximum atomic E-state index is 14.0. The summed E-state index contributed by atoms with van der Waals surface area (Å²) < 4.78 is 16.0. The van der Waals surface area contributed by atoms with Crippen molar-refractivity contribution >= 4 is 47.8 Å².